The second-order valence-electron chi connectivity index (χ2n) is 5.70. The molecule has 26 heavy (non-hydrogen) atoms. The molecule has 2 amide bonds. The van der Waals surface area contributed by atoms with Crippen molar-refractivity contribution in [2.75, 3.05) is 0 Å². The van der Waals surface area contributed by atoms with Crippen LogP contribution in [0.25, 0.3) is 11.3 Å². The van der Waals surface area contributed by atoms with E-state index in [1.165, 1.54) is 18.2 Å². The van der Waals surface area contributed by atoms with Crippen LogP contribution in [0.1, 0.15) is 26.5 Å². The molecule has 2 aromatic carbocycles. The average Bonchev–Trinajstić information content (AvgIpc) is 3.22. The average molecular weight is 349 g/mol. The largest absolute Gasteiger partial charge is 0.359 e. The third-order valence-corrected chi connectivity index (χ3v) is 4.12. The van der Waals surface area contributed by atoms with Gasteiger partial charge in [0.2, 0.25) is 0 Å². The van der Waals surface area contributed by atoms with Gasteiger partial charge in [0, 0.05) is 17.7 Å². The zero-order valence-corrected chi connectivity index (χ0v) is 13.3. The number of rotatable bonds is 4. The molecule has 8 nitrogen and oxygen atoms in total. The maximum Gasteiger partial charge on any atom is 0.282 e. The van der Waals surface area contributed by atoms with Crippen LogP contribution in [-0.4, -0.2) is 26.8 Å². The van der Waals surface area contributed by atoms with Gasteiger partial charge in [-0.25, -0.2) is 0 Å². The monoisotopic (exact) mass is 349 g/mol. The fraction of sp³-hybridized carbons (Fsp3) is 0.0556. The Kier molecular flexibility index (Phi) is 3.58. The maximum atomic E-state index is 12.6. The Hall–Kier alpha value is -3.81. The van der Waals surface area contributed by atoms with E-state index in [2.05, 4.69) is 5.16 Å². The number of imide groups is 1. The van der Waals surface area contributed by atoms with E-state index in [1.54, 1.807) is 6.07 Å². The summed E-state index contributed by atoms with van der Waals surface area (Å²) in [6.07, 6.45) is 0. The van der Waals surface area contributed by atoms with Crippen molar-refractivity contribution in [2.24, 2.45) is 0 Å². The van der Waals surface area contributed by atoms with Gasteiger partial charge in [-0.05, 0) is 6.07 Å². The Bertz CT molecular complexity index is 1040. The van der Waals surface area contributed by atoms with Crippen molar-refractivity contribution in [3.05, 3.63) is 81.6 Å². The lowest BCUT2D eigenvalue weighted by Crippen LogP contribution is -2.29. The van der Waals surface area contributed by atoms with Crippen LogP contribution < -0.4 is 0 Å². The molecule has 0 N–H and O–H groups in total. The highest BCUT2D eigenvalue weighted by Gasteiger charge is 2.41. The number of hydrogen-bond acceptors (Lipinski definition) is 6. The Morgan fingerprint density at radius 2 is 1.81 bits per heavy atom. The number of aromatic nitrogens is 1. The van der Waals surface area contributed by atoms with Crippen molar-refractivity contribution in [3.63, 3.8) is 0 Å². The lowest BCUT2D eigenvalue weighted by molar-refractivity contribution is -0.385. The molecule has 0 aliphatic carbocycles. The predicted octanol–water partition coefficient (Wildman–Crippen LogP) is 3.05. The molecule has 0 fully saturated rings. The third-order valence-electron chi connectivity index (χ3n) is 4.12. The molecule has 1 aliphatic rings. The highest BCUT2D eigenvalue weighted by atomic mass is 16.6. The molecular weight excluding hydrogens is 338 g/mol. The highest BCUT2D eigenvalue weighted by molar-refractivity contribution is 6.23. The standard InChI is InChI=1S/C18H11N3O5/c22-17-13-7-4-8-15(21(24)25)16(13)18(23)20(17)10-12-9-14(19-26-12)11-5-2-1-3-6-11/h1-9H,10H2. The van der Waals surface area contributed by atoms with E-state index in [0.29, 0.717) is 11.5 Å². The van der Waals surface area contributed by atoms with Gasteiger partial charge in [-0.15, -0.1) is 0 Å². The molecule has 8 heteroatoms. The lowest BCUT2D eigenvalue weighted by Gasteiger charge is -2.10. The fourth-order valence-corrected chi connectivity index (χ4v) is 2.90. The Balaban J connectivity index is 1.63. The normalized spacial score (nSPS) is 13.2. The van der Waals surface area contributed by atoms with Crippen molar-refractivity contribution < 1.29 is 19.0 Å². The van der Waals surface area contributed by atoms with Gasteiger partial charge in [-0.3, -0.25) is 24.6 Å². The van der Waals surface area contributed by atoms with Crippen LogP contribution in [0.2, 0.25) is 0 Å². The molecule has 0 unspecified atom stereocenters. The van der Waals surface area contributed by atoms with Gasteiger partial charge in [-0.1, -0.05) is 41.6 Å². The zero-order chi connectivity index (χ0) is 18.3. The fourth-order valence-electron chi connectivity index (χ4n) is 2.90. The summed E-state index contributed by atoms with van der Waals surface area (Å²) in [5.41, 5.74) is 0.854. The van der Waals surface area contributed by atoms with E-state index in [0.717, 1.165) is 10.5 Å². The molecule has 3 aromatic rings. The minimum atomic E-state index is -0.713. The van der Waals surface area contributed by atoms with Crippen LogP contribution >= 0.6 is 0 Å². The minimum Gasteiger partial charge on any atom is -0.359 e. The Labute approximate surface area is 146 Å². The van der Waals surface area contributed by atoms with Crippen LogP contribution in [0.3, 0.4) is 0 Å². The van der Waals surface area contributed by atoms with Crippen molar-refractivity contribution in [3.8, 4) is 11.3 Å². The minimum absolute atomic E-state index is 0.0204. The summed E-state index contributed by atoms with van der Waals surface area (Å²) in [6.45, 7) is -0.149. The number of nitro groups is 1. The van der Waals surface area contributed by atoms with Gasteiger partial charge < -0.3 is 4.52 Å². The summed E-state index contributed by atoms with van der Waals surface area (Å²) in [5, 5.41) is 15.1. The van der Waals surface area contributed by atoms with Gasteiger partial charge in [-0.2, -0.15) is 0 Å². The number of benzene rings is 2. The number of fused-ring (bicyclic) bond motifs is 1. The molecule has 0 spiro atoms. The Morgan fingerprint density at radius 1 is 1.04 bits per heavy atom. The molecular formula is C18H11N3O5. The number of nitrogens with zero attached hydrogens (tertiary/aromatic N) is 3. The van der Waals surface area contributed by atoms with Crippen molar-refractivity contribution in [1.82, 2.24) is 10.1 Å². The lowest BCUT2D eigenvalue weighted by atomic mass is 10.1. The number of carbonyl (C=O) groups is 2. The molecule has 0 atom stereocenters. The second-order valence-corrected chi connectivity index (χ2v) is 5.70. The number of carbonyl (C=O) groups excluding carboxylic acids is 2. The summed E-state index contributed by atoms with van der Waals surface area (Å²) in [6, 6.07) is 14.9. The molecule has 128 valence electrons. The first-order valence-electron chi connectivity index (χ1n) is 7.71. The van der Waals surface area contributed by atoms with Gasteiger partial charge in [0.05, 0.1) is 17.0 Å². The molecule has 0 bridgehead atoms. The smallest absolute Gasteiger partial charge is 0.282 e. The SMILES string of the molecule is O=C1c2cccc([N+](=O)[O-])c2C(=O)N1Cc1cc(-c2ccccc2)no1. The second kappa shape index (κ2) is 5.92. The molecule has 4 rings (SSSR count). The first-order chi connectivity index (χ1) is 12.6. The van der Waals surface area contributed by atoms with E-state index in [-0.39, 0.29) is 23.4 Å². The van der Waals surface area contributed by atoms with Crippen LogP contribution in [0.5, 0.6) is 0 Å². The van der Waals surface area contributed by atoms with Crippen LogP contribution in [-0.2, 0) is 6.54 Å². The van der Waals surface area contributed by atoms with Crippen molar-refractivity contribution >= 4 is 17.5 Å². The van der Waals surface area contributed by atoms with Crippen LogP contribution in [0, 0.1) is 10.1 Å². The van der Waals surface area contributed by atoms with Gasteiger partial charge in [0.1, 0.15) is 11.3 Å². The summed E-state index contributed by atoms with van der Waals surface area (Å²) in [7, 11) is 0. The van der Waals surface area contributed by atoms with Gasteiger partial charge in [0.15, 0.2) is 5.76 Å². The summed E-state index contributed by atoms with van der Waals surface area (Å²) in [4.78, 5) is 36.4. The first-order valence-corrected chi connectivity index (χ1v) is 7.71. The van der Waals surface area contributed by atoms with Crippen LogP contribution in [0.4, 0.5) is 5.69 Å². The number of nitro benzene ring substituents is 1. The summed E-state index contributed by atoms with van der Waals surface area (Å²) >= 11 is 0. The highest BCUT2D eigenvalue weighted by Crippen LogP contribution is 2.32. The topological polar surface area (TPSA) is 107 Å². The first kappa shape index (κ1) is 15.7. The van der Waals surface area contributed by atoms with E-state index in [9.17, 15) is 19.7 Å². The third kappa shape index (κ3) is 2.44. The summed E-state index contributed by atoms with van der Waals surface area (Å²) < 4.78 is 5.22. The molecule has 1 aliphatic heterocycles. The van der Waals surface area contributed by atoms with Gasteiger partial charge >= 0.3 is 0 Å². The molecule has 0 radical (unpaired) electrons. The van der Waals surface area contributed by atoms with Crippen molar-refractivity contribution in [1.29, 1.82) is 0 Å². The Morgan fingerprint density at radius 3 is 2.54 bits per heavy atom. The summed E-state index contributed by atoms with van der Waals surface area (Å²) in [5.74, 6) is -0.998. The van der Waals surface area contributed by atoms with E-state index in [4.69, 9.17) is 4.52 Å². The van der Waals surface area contributed by atoms with E-state index >= 15 is 0 Å². The van der Waals surface area contributed by atoms with Crippen molar-refractivity contribution in [2.45, 2.75) is 6.54 Å². The van der Waals surface area contributed by atoms with E-state index in [1.807, 2.05) is 30.3 Å². The van der Waals surface area contributed by atoms with E-state index < -0.39 is 16.7 Å². The van der Waals surface area contributed by atoms with Gasteiger partial charge in [0.25, 0.3) is 17.5 Å². The number of hydrogen-bond donors (Lipinski definition) is 0. The zero-order valence-electron chi connectivity index (χ0n) is 13.3. The molecule has 2 heterocycles. The molecule has 1 aromatic heterocycles. The maximum absolute atomic E-state index is 12.6. The quantitative estimate of drug-likeness (QED) is 0.407. The molecule has 0 saturated heterocycles. The molecule has 0 saturated carbocycles. The number of amides is 2. The predicted molar refractivity (Wildman–Crippen MR) is 89.2 cm³/mol. The van der Waals surface area contributed by atoms with Crippen LogP contribution in [0.15, 0.2) is 59.1 Å².